The molecule has 1 fully saturated rings. The van der Waals surface area contributed by atoms with E-state index in [0.717, 1.165) is 0 Å². The number of hydrogen-bond acceptors (Lipinski definition) is 7. The Labute approximate surface area is 138 Å². The van der Waals surface area contributed by atoms with Crippen molar-refractivity contribution in [2.75, 3.05) is 25.0 Å². The summed E-state index contributed by atoms with van der Waals surface area (Å²) >= 11 is 1.38. The van der Waals surface area contributed by atoms with Gasteiger partial charge in [0.1, 0.15) is 11.6 Å². The van der Waals surface area contributed by atoms with E-state index in [0.29, 0.717) is 37.7 Å². The van der Waals surface area contributed by atoms with E-state index >= 15 is 0 Å². The minimum absolute atomic E-state index is 0.0229. The van der Waals surface area contributed by atoms with Gasteiger partial charge in [-0.3, -0.25) is 9.59 Å². The topological polar surface area (TPSA) is 95.3 Å². The summed E-state index contributed by atoms with van der Waals surface area (Å²) < 4.78 is 5.00. The molecule has 0 radical (unpaired) electrons. The Morgan fingerprint density at radius 2 is 2.30 bits per heavy atom. The second kappa shape index (κ2) is 8.29. The van der Waals surface area contributed by atoms with Gasteiger partial charge in [-0.05, 0) is 19.8 Å². The quantitative estimate of drug-likeness (QED) is 0.501. The molecule has 8 heteroatoms. The van der Waals surface area contributed by atoms with Crippen molar-refractivity contribution in [2.24, 2.45) is 5.92 Å². The van der Waals surface area contributed by atoms with Crippen molar-refractivity contribution in [1.29, 1.82) is 5.26 Å². The number of hydrogen-bond donors (Lipinski definition) is 1. The second-order valence-electron chi connectivity index (χ2n) is 4.97. The number of nitrogens with zero attached hydrogens (tertiary/aromatic N) is 3. The van der Waals surface area contributed by atoms with Crippen LogP contribution in [0.4, 0.5) is 5.13 Å². The molecule has 2 heterocycles. The largest absolute Gasteiger partial charge is 0.466 e. The first kappa shape index (κ1) is 17.0. The first-order valence-electron chi connectivity index (χ1n) is 7.38. The lowest BCUT2D eigenvalue weighted by atomic mass is 9.96. The van der Waals surface area contributed by atoms with Crippen LogP contribution in [0, 0.1) is 17.2 Å². The number of nitriles is 1. The van der Waals surface area contributed by atoms with Crippen molar-refractivity contribution in [3.63, 3.8) is 0 Å². The Hall–Kier alpha value is -2.40. The zero-order chi connectivity index (χ0) is 16.7. The molecule has 1 aromatic heterocycles. The summed E-state index contributed by atoms with van der Waals surface area (Å²) in [7, 11) is 0. The molecule has 1 aliphatic heterocycles. The van der Waals surface area contributed by atoms with E-state index in [4.69, 9.17) is 10.00 Å². The van der Waals surface area contributed by atoms with Gasteiger partial charge >= 0.3 is 5.97 Å². The number of piperidine rings is 1. The lowest BCUT2D eigenvalue weighted by Gasteiger charge is -2.30. The van der Waals surface area contributed by atoms with Crippen molar-refractivity contribution < 1.29 is 14.3 Å². The molecule has 0 aromatic carbocycles. The number of carbonyl (C=O) groups excluding carboxylic acids is 2. The summed E-state index contributed by atoms with van der Waals surface area (Å²) in [4.78, 5) is 29.7. The molecule has 1 N–H and O–H groups in total. The predicted octanol–water partition coefficient (Wildman–Crippen LogP) is 1.76. The van der Waals surface area contributed by atoms with Gasteiger partial charge in [-0.15, -0.1) is 11.3 Å². The Kier molecular flexibility index (Phi) is 6.11. The standard InChI is InChI=1S/C15H18N4O3S/c1-2-22-14(21)11-3-6-19(7-4-11)13(20)12(9-16)10-18-15-17-5-8-23-15/h5,8,10-11H,2-4,6-7H2,1H3,(H,17,18)/b12-10-. The summed E-state index contributed by atoms with van der Waals surface area (Å²) in [6.07, 6.45) is 4.12. The number of likely N-dealkylation sites (tertiary alicyclic amines) is 1. The third-order valence-corrected chi connectivity index (χ3v) is 4.23. The molecule has 1 aliphatic rings. The molecule has 2 rings (SSSR count). The molecule has 122 valence electrons. The van der Waals surface area contributed by atoms with Crippen LogP contribution >= 0.6 is 11.3 Å². The maximum absolute atomic E-state index is 12.4. The van der Waals surface area contributed by atoms with Gasteiger partial charge in [-0.1, -0.05) is 0 Å². The van der Waals surface area contributed by atoms with Crippen LogP contribution in [0.1, 0.15) is 19.8 Å². The highest BCUT2D eigenvalue weighted by Crippen LogP contribution is 2.20. The van der Waals surface area contributed by atoms with Crippen LogP contribution < -0.4 is 5.32 Å². The third kappa shape index (κ3) is 4.53. The van der Waals surface area contributed by atoms with Crippen LogP contribution in [-0.2, 0) is 14.3 Å². The van der Waals surface area contributed by atoms with E-state index in [-0.39, 0.29) is 23.4 Å². The highest BCUT2D eigenvalue weighted by Gasteiger charge is 2.29. The fourth-order valence-corrected chi connectivity index (χ4v) is 2.82. The first-order valence-corrected chi connectivity index (χ1v) is 8.25. The second-order valence-corrected chi connectivity index (χ2v) is 5.86. The van der Waals surface area contributed by atoms with Crippen molar-refractivity contribution in [3.05, 3.63) is 23.3 Å². The fraction of sp³-hybridized carbons (Fsp3) is 0.467. The van der Waals surface area contributed by atoms with Gasteiger partial charge < -0.3 is 15.0 Å². The SMILES string of the molecule is CCOC(=O)C1CCN(C(=O)/C(C#N)=C\Nc2nccs2)CC1. The number of rotatable bonds is 5. The van der Waals surface area contributed by atoms with E-state index in [1.54, 1.807) is 23.4 Å². The Balaban J connectivity index is 1.91. The van der Waals surface area contributed by atoms with Crippen molar-refractivity contribution in [1.82, 2.24) is 9.88 Å². The first-order chi connectivity index (χ1) is 11.2. The minimum Gasteiger partial charge on any atom is -0.466 e. The van der Waals surface area contributed by atoms with Crippen LogP contribution in [0.2, 0.25) is 0 Å². The predicted molar refractivity (Wildman–Crippen MR) is 85.4 cm³/mol. The number of nitrogens with one attached hydrogen (secondary N) is 1. The summed E-state index contributed by atoms with van der Waals surface area (Å²) in [5.74, 6) is -0.707. The van der Waals surface area contributed by atoms with E-state index in [9.17, 15) is 9.59 Å². The van der Waals surface area contributed by atoms with Crippen LogP contribution in [0.15, 0.2) is 23.3 Å². The van der Waals surface area contributed by atoms with Gasteiger partial charge in [0, 0.05) is 30.9 Å². The van der Waals surface area contributed by atoms with Crippen LogP contribution in [0.5, 0.6) is 0 Å². The van der Waals surface area contributed by atoms with Gasteiger partial charge in [-0.25, -0.2) is 4.98 Å². The maximum atomic E-state index is 12.4. The van der Waals surface area contributed by atoms with Crippen LogP contribution in [-0.4, -0.2) is 41.5 Å². The van der Waals surface area contributed by atoms with Crippen LogP contribution in [0.25, 0.3) is 0 Å². The molecule has 23 heavy (non-hydrogen) atoms. The van der Waals surface area contributed by atoms with Gasteiger partial charge in [0.2, 0.25) is 0 Å². The molecule has 0 spiro atoms. The summed E-state index contributed by atoms with van der Waals surface area (Å²) in [5.41, 5.74) is 0.0229. The van der Waals surface area contributed by atoms with E-state index in [1.807, 2.05) is 6.07 Å². The number of thiazole rings is 1. The summed E-state index contributed by atoms with van der Waals surface area (Å²) in [5, 5.41) is 14.4. The molecule has 0 atom stereocenters. The Morgan fingerprint density at radius 3 is 2.87 bits per heavy atom. The molecule has 1 aromatic rings. The summed E-state index contributed by atoms with van der Waals surface area (Å²) in [6, 6.07) is 1.91. The van der Waals surface area contributed by atoms with Gasteiger partial charge in [-0.2, -0.15) is 5.26 Å². The molecule has 0 unspecified atom stereocenters. The summed E-state index contributed by atoms with van der Waals surface area (Å²) in [6.45, 7) is 3.02. The number of ether oxygens (including phenoxy) is 1. The lowest BCUT2D eigenvalue weighted by Crippen LogP contribution is -2.41. The number of aromatic nitrogens is 1. The molecular formula is C15H18N4O3S. The third-order valence-electron chi connectivity index (χ3n) is 3.53. The zero-order valence-electron chi connectivity index (χ0n) is 12.8. The molecule has 7 nitrogen and oxygen atoms in total. The molecule has 0 saturated carbocycles. The van der Waals surface area contributed by atoms with E-state index in [2.05, 4.69) is 10.3 Å². The Bertz CT molecular complexity index is 613. The zero-order valence-corrected chi connectivity index (χ0v) is 13.6. The van der Waals surface area contributed by atoms with E-state index < -0.39 is 0 Å². The highest BCUT2D eigenvalue weighted by atomic mass is 32.1. The van der Waals surface area contributed by atoms with Crippen molar-refractivity contribution >= 4 is 28.3 Å². The van der Waals surface area contributed by atoms with Crippen molar-refractivity contribution in [3.8, 4) is 6.07 Å². The molecule has 1 amide bonds. The average molecular weight is 334 g/mol. The smallest absolute Gasteiger partial charge is 0.309 e. The van der Waals surface area contributed by atoms with Crippen molar-refractivity contribution in [2.45, 2.75) is 19.8 Å². The van der Waals surface area contributed by atoms with Gasteiger partial charge in [0.05, 0.1) is 12.5 Å². The molecule has 0 bridgehead atoms. The highest BCUT2D eigenvalue weighted by molar-refractivity contribution is 7.13. The molecule has 1 saturated heterocycles. The van der Waals surface area contributed by atoms with E-state index in [1.165, 1.54) is 17.5 Å². The Morgan fingerprint density at radius 1 is 1.57 bits per heavy atom. The molecule has 0 aliphatic carbocycles. The monoisotopic (exact) mass is 334 g/mol. The fourth-order valence-electron chi connectivity index (χ4n) is 2.32. The van der Waals surface area contributed by atoms with Gasteiger partial charge in [0.25, 0.3) is 5.91 Å². The minimum atomic E-state index is -0.334. The number of amides is 1. The lowest BCUT2D eigenvalue weighted by molar-refractivity contribution is -0.150. The molecular weight excluding hydrogens is 316 g/mol. The van der Waals surface area contributed by atoms with Gasteiger partial charge in [0.15, 0.2) is 5.13 Å². The van der Waals surface area contributed by atoms with Crippen LogP contribution in [0.3, 0.4) is 0 Å². The number of anilines is 1. The average Bonchev–Trinajstić information content (AvgIpc) is 3.09. The number of esters is 1. The number of carbonyl (C=O) groups is 2. The maximum Gasteiger partial charge on any atom is 0.309 e. The normalized spacial score (nSPS) is 15.8.